The Labute approximate surface area is 186 Å². The first-order chi connectivity index (χ1) is 15.1. The van der Waals surface area contributed by atoms with E-state index in [1.54, 1.807) is 18.2 Å². The van der Waals surface area contributed by atoms with E-state index in [9.17, 15) is 18.0 Å². The summed E-state index contributed by atoms with van der Waals surface area (Å²) in [5.74, 6) is -0.824. The second kappa shape index (κ2) is 11.2. The molecule has 0 unspecified atom stereocenters. The lowest BCUT2D eigenvalue weighted by atomic mass is 10.0. The largest absolute Gasteiger partial charge is 0.481 e. The zero-order chi connectivity index (χ0) is 23.9. The Kier molecular flexibility index (Phi) is 8.89. The van der Waals surface area contributed by atoms with Gasteiger partial charge in [0.1, 0.15) is 5.82 Å². The number of aliphatic carboxylic acids is 1. The maximum atomic E-state index is 13.4. The Hall–Kier alpha value is -2.81. The Morgan fingerprint density at radius 3 is 2.50 bits per heavy atom. The normalized spacial score (nSPS) is 15.1. The van der Waals surface area contributed by atoms with Crippen LogP contribution < -0.4 is 10.6 Å². The van der Waals surface area contributed by atoms with E-state index < -0.39 is 17.7 Å². The monoisotopic (exact) mass is 452 g/mol. The van der Waals surface area contributed by atoms with Crippen LogP contribution in [0.4, 0.5) is 24.7 Å². The molecule has 6 nitrogen and oxygen atoms in total. The van der Waals surface area contributed by atoms with Gasteiger partial charge in [0.25, 0.3) is 0 Å². The molecule has 1 saturated heterocycles. The minimum absolute atomic E-state index is 0.0519. The summed E-state index contributed by atoms with van der Waals surface area (Å²) in [6, 6.07) is 7.00. The lowest BCUT2D eigenvalue weighted by molar-refractivity contribution is -0.136. The molecule has 1 aromatic carbocycles. The highest BCUT2D eigenvalue weighted by Crippen LogP contribution is 2.38. The van der Waals surface area contributed by atoms with Crippen LogP contribution in [0.1, 0.15) is 38.8 Å². The molecular formula is C23H31F3N4O2. The number of rotatable bonds is 7. The number of pyridine rings is 1. The minimum Gasteiger partial charge on any atom is -0.481 e. The van der Waals surface area contributed by atoms with Crippen molar-refractivity contribution in [3.05, 3.63) is 36.5 Å². The summed E-state index contributed by atoms with van der Waals surface area (Å²) < 4.78 is 40.2. The van der Waals surface area contributed by atoms with E-state index in [1.807, 2.05) is 19.9 Å². The van der Waals surface area contributed by atoms with Gasteiger partial charge in [-0.25, -0.2) is 4.98 Å². The van der Waals surface area contributed by atoms with E-state index >= 15 is 0 Å². The van der Waals surface area contributed by atoms with Crippen molar-refractivity contribution >= 4 is 33.8 Å². The number of anilines is 2. The first kappa shape index (κ1) is 25.5. The van der Waals surface area contributed by atoms with Crippen LogP contribution in [0, 0.1) is 0 Å². The Bertz CT molecular complexity index is 939. The third-order valence-electron chi connectivity index (χ3n) is 5.23. The molecule has 2 heterocycles. The number of nitrogens with zero attached hydrogens (tertiary/aromatic N) is 2. The lowest BCUT2D eigenvalue weighted by Gasteiger charge is -2.30. The van der Waals surface area contributed by atoms with E-state index in [2.05, 4.69) is 34.1 Å². The third-order valence-corrected chi connectivity index (χ3v) is 5.23. The van der Waals surface area contributed by atoms with E-state index in [0.29, 0.717) is 10.8 Å². The number of hydrogen-bond acceptors (Lipinski definition) is 5. The van der Waals surface area contributed by atoms with Crippen LogP contribution in [-0.2, 0) is 4.79 Å². The number of carboxylic acids is 1. The van der Waals surface area contributed by atoms with Crippen molar-refractivity contribution in [2.75, 3.05) is 37.3 Å². The number of hydrogen-bond donors (Lipinski definition) is 3. The maximum absolute atomic E-state index is 13.4. The molecule has 0 amide bonds. The Balaban J connectivity index is 0.00000176. The number of piperidine rings is 1. The minimum atomic E-state index is -4.63. The highest BCUT2D eigenvalue weighted by atomic mass is 19.4. The van der Waals surface area contributed by atoms with Gasteiger partial charge in [0.05, 0.1) is 17.7 Å². The van der Waals surface area contributed by atoms with Gasteiger partial charge >= 0.3 is 12.1 Å². The number of halogens is 3. The van der Waals surface area contributed by atoms with Crippen molar-refractivity contribution in [2.24, 2.45) is 0 Å². The highest BCUT2D eigenvalue weighted by Gasteiger charge is 2.35. The number of alkyl halides is 3. The topological polar surface area (TPSA) is 77.5 Å². The molecule has 9 heteroatoms. The standard InChI is InChI=1S/C21H25F3N4O2.C2H6/c1-13(21(22,23)24)20-15-4-3-5-17(26-14-7-10-28(2)11-8-14)16(15)12-18(27-20)25-9-6-19(29)30;1-2/h3-5,12,14,26H,1,6-11H2,2H3,(H,25,27)(H,29,30);1-2H3. The van der Waals surface area contributed by atoms with Gasteiger partial charge in [-0.15, -0.1) is 0 Å². The van der Waals surface area contributed by atoms with E-state index in [0.717, 1.165) is 31.6 Å². The number of carbonyl (C=O) groups is 1. The first-order valence-corrected chi connectivity index (χ1v) is 10.8. The molecule has 1 fully saturated rings. The summed E-state index contributed by atoms with van der Waals surface area (Å²) >= 11 is 0. The second-order valence-electron chi connectivity index (χ2n) is 7.53. The van der Waals surface area contributed by atoms with Crippen molar-refractivity contribution < 1.29 is 23.1 Å². The number of aromatic nitrogens is 1. The molecule has 3 rings (SSSR count). The average Bonchev–Trinajstić information content (AvgIpc) is 2.75. The van der Waals surface area contributed by atoms with Gasteiger partial charge in [0.15, 0.2) is 0 Å². The summed E-state index contributed by atoms with van der Waals surface area (Å²) in [6.45, 7) is 9.16. The van der Waals surface area contributed by atoms with Crippen LogP contribution in [-0.4, -0.2) is 59.9 Å². The van der Waals surface area contributed by atoms with Crippen molar-refractivity contribution in [2.45, 2.75) is 45.3 Å². The number of fused-ring (bicyclic) bond motifs is 1. The molecule has 32 heavy (non-hydrogen) atoms. The van der Waals surface area contributed by atoms with Gasteiger partial charge in [0, 0.05) is 29.0 Å². The highest BCUT2D eigenvalue weighted by molar-refractivity contribution is 6.01. The zero-order valence-electron chi connectivity index (χ0n) is 18.7. The lowest BCUT2D eigenvalue weighted by Crippen LogP contribution is -2.36. The van der Waals surface area contributed by atoms with E-state index in [4.69, 9.17) is 5.11 Å². The molecule has 0 bridgehead atoms. The third kappa shape index (κ3) is 6.59. The summed E-state index contributed by atoms with van der Waals surface area (Å²) in [5, 5.41) is 16.0. The van der Waals surface area contributed by atoms with Gasteiger partial charge in [-0.05, 0) is 45.1 Å². The summed E-state index contributed by atoms with van der Waals surface area (Å²) in [4.78, 5) is 17.1. The van der Waals surface area contributed by atoms with Crippen LogP contribution in [0.2, 0.25) is 0 Å². The van der Waals surface area contributed by atoms with Crippen LogP contribution >= 0.6 is 0 Å². The van der Waals surface area contributed by atoms with Crippen molar-refractivity contribution in [3.63, 3.8) is 0 Å². The van der Waals surface area contributed by atoms with Crippen LogP contribution in [0.25, 0.3) is 16.3 Å². The van der Waals surface area contributed by atoms with E-state index in [-0.39, 0.29) is 30.5 Å². The molecule has 3 N–H and O–H groups in total. The van der Waals surface area contributed by atoms with Gasteiger partial charge in [-0.1, -0.05) is 32.6 Å². The average molecular weight is 453 g/mol. The molecule has 1 aromatic heterocycles. The summed E-state index contributed by atoms with van der Waals surface area (Å²) in [6.07, 6.45) is -2.94. The summed E-state index contributed by atoms with van der Waals surface area (Å²) in [5.41, 5.74) is -0.572. The van der Waals surface area contributed by atoms with Crippen molar-refractivity contribution in [3.8, 4) is 0 Å². The molecule has 1 aliphatic rings. The fourth-order valence-electron chi connectivity index (χ4n) is 3.53. The van der Waals surface area contributed by atoms with Gasteiger partial charge in [-0.3, -0.25) is 4.79 Å². The van der Waals surface area contributed by atoms with Gasteiger partial charge in [-0.2, -0.15) is 13.2 Å². The van der Waals surface area contributed by atoms with Crippen molar-refractivity contribution in [1.29, 1.82) is 0 Å². The predicted molar refractivity (Wildman–Crippen MR) is 123 cm³/mol. The Morgan fingerprint density at radius 1 is 1.25 bits per heavy atom. The molecule has 0 radical (unpaired) electrons. The zero-order valence-corrected chi connectivity index (χ0v) is 18.7. The predicted octanol–water partition coefficient (Wildman–Crippen LogP) is 5.23. The number of allylic oxidation sites excluding steroid dienone is 1. The fourth-order valence-corrected chi connectivity index (χ4v) is 3.53. The SMILES string of the molecule is C=C(c1nc(NCCC(=O)O)cc2c(NC3CCN(C)CC3)cccc12)C(F)(F)F.CC. The summed E-state index contributed by atoms with van der Waals surface area (Å²) in [7, 11) is 2.06. The molecule has 1 aliphatic heterocycles. The molecule has 0 spiro atoms. The van der Waals surface area contributed by atoms with E-state index in [1.165, 1.54) is 0 Å². The fraction of sp³-hybridized carbons (Fsp3) is 0.478. The van der Waals surface area contributed by atoms with Crippen LogP contribution in [0.3, 0.4) is 0 Å². The van der Waals surface area contributed by atoms with Crippen LogP contribution in [0.5, 0.6) is 0 Å². The molecule has 0 aliphatic carbocycles. The number of carboxylic acid groups (broad SMARTS) is 1. The molecule has 0 atom stereocenters. The van der Waals surface area contributed by atoms with Crippen LogP contribution in [0.15, 0.2) is 30.8 Å². The molecule has 2 aromatic rings. The molecular weight excluding hydrogens is 421 g/mol. The number of likely N-dealkylation sites (tertiary alicyclic amines) is 1. The quantitative estimate of drug-likeness (QED) is 0.534. The second-order valence-corrected chi connectivity index (χ2v) is 7.53. The van der Waals surface area contributed by atoms with Gasteiger partial charge in [0.2, 0.25) is 0 Å². The molecule has 176 valence electrons. The molecule has 0 saturated carbocycles. The first-order valence-electron chi connectivity index (χ1n) is 10.8. The van der Waals surface area contributed by atoms with Crippen molar-refractivity contribution in [1.82, 2.24) is 9.88 Å². The Morgan fingerprint density at radius 2 is 1.91 bits per heavy atom. The number of nitrogens with one attached hydrogen (secondary N) is 2. The smallest absolute Gasteiger partial charge is 0.417 e. The maximum Gasteiger partial charge on any atom is 0.417 e. The van der Waals surface area contributed by atoms with Gasteiger partial charge < -0.3 is 20.6 Å². The number of benzene rings is 1.